The predicted octanol–water partition coefficient (Wildman–Crippen LogP) is 2.25. The average molecular weight is 172 g/mol. The van der Waals surface area contributed by atoms with Crippen LogP contribution in [0.5, 0.6) is 0 Å². The molecule has 0 saturated heterocycles. The van der Waals surface area contributed by atoms with Gasteiger partial charge in [-0.15, -0.1) is 0 Å². The Morgan fingerprint density at radius 2 is 2.08 bits per heavy atom. The minimum atomic E-state index is 0.588. The standard InChI is InChI=1S/C10H8N2O/c1-8-7-13-10(9(8)6-11)12-4-2-3-5-12/h2-5,7H,1H3. The Hall–Kier alpha value is -1.95. The van der Waals surface area contributed by atoms with E-state index < -0.39 is 0 Å². The molecule has 2 rings (SSSR count). The molecular formula is C10H8N2O. The maximum atomic E-state index is 8.86. The van der Waals surface area contributed by atoms with E-state index in [2.05, 4.69) is 6.07 Å². The summed E-state index contributed by atoms with van der Waals surface area (Å²) in [6.45, 7) is 1.86. The van der Waals surface area contributed by atoms with Gasteiger partial charge in [-0.25, -0.2) is 0 Å². The lowest BCUT2D eigenvalue weighted by Gasteiger charge is -1.96. The molecule has 0 aromatic carbocycles. The molecule has 0 aliphatic heterocycles. The molecule has 64 valence electrons. The summed E-state index contributed by atoms with van der Waals surface area (Å²) in [7, 11) is 0. The second kappa shape index (κ2) is 2.83. The average Bonchev–Trinajstić information content (AvgIpc) is 2.71. The van der Waals surface area contributed by atoms with Crippen LogP contribution in [0, 0.1) is 18.3 Å². The molecule has 13 heavy (non-hydrogen) atoms. The second-order valence-corrected chi connectivity index (χ2v) is 2.80. The van der Waals surface area contributed by atoms with Crippen LogP contribution in [-0.2, 0) is 0 Å². The van der Waals surface area contributed by atoms with Crippen molar-refractivity contribution < 1.29 is 4.42 Å². The Bertz CT molecular complexity index is 446. The molecule has 0 unspecified atom stereocenters. The highest BCUT2D eigenvalue weighted by Crippen LogP contribution is 2.19. The summed E-state index contributed by atoms with van der Waals surface area (Å²) in [4.78, 5) is 0. The van der Waals surface area contributed by atoms with Gasteiger partial charge in [-0.05, 0) is 19.1 Å². The number of aromatic nitrogens is 1. The zero-order valence-electron chi connectivity index (χ0n) is 7.19. The van der Waals surface area contributed by atoms with E-state index in [9.17, 15) is 0 Å². The van der Waals surface area contributed by atoms with Crippen LogP contribution in [0.4, 0.5) is 0 Å². The largest absolute Gasteiger partial charge is 0.446 e. The van der Waals surface area contributed by atoms with Crippen LogP contribution in [0.2, 0.25) is 0 Å². The Kier molecular flexibility index (Phi) is 1.67. The molecule has 0 aliphatic rings. The first kappa shape index (κ1) is 7.69. The summed E-state index contributed by atoms with van der Waals surface area (Å²) in [5, 5.41) is 8.86. The quantitative estimate of drug-likeness (QED) is 0.662. The van der Waals surface area contributed by atoms with E-state index in [4.69, 9.17) is 9.68 Å². The maximum absolute atomic E-state index is 8.86. The molecule has 0 saturated carbocycles. The molecule has 0 bridgehead atoms. The topological polar surface area (TPSA) is 41.9 Å². The highest BCUT2D eigenvalue weighted by Gasteiger charge is 2.10. The van der Waals surface area contributed by atoms with Gasteiger partial charge >= 0.3 is 0 Å². The monoisotopic (exact) mass is 172 g/mol. The fourth-order valence-corrected chi connectivity index (χ4v) is 1.23. The number of nitrogens with zero attached hydrogens (tertiary/aromatic N) is 2. The Labute approximate surface area is 75.8 Å². The smallest absolute Gasteiger partial charge is 0.221 e. The van der Waals surface area contributed by atoms with E-state index in [0.717, 1.165) is 5.56 Å². The van der Waals surface area contributed by atoms with Gasteiger partial charge in [0.1, 0.15) is 11.6 Å². The van der Waals surface area contributed by atoms with Gasteiger partial charge in [-0.2, -0.15) is 5.26 Å². The van der Waals surface area contributed by atoms with E-state index in [1.54, 1.807) is 10.8 Å². The van der Waals surface area contributed by atoms with Gasteiger partial charge < -0.3 is 4.42 Å². The zero-order chi connectivity index (χ0) is 9.26. The molecule has 0 aliphatic carbocycles. The summed E-state index contributed by atoms with van der Waals surface area (Å²) in [5.74, 6) is 0.588. The summed E-state index contributed by atoms with van der Waals surface area (Å²) in [6, 6.07) is 5.89. The first-order valence-corrected chi connectivity index (χ1v) is 3.94. The minimum Gasteiger partial charge on any atom is -0.446 e. The van der Waals surface area contributed by atoms with Crippen molar-refractivity contribution in [2.45, 2.75) is 6.92 Å². The highest BCUT2D eigenvalue weighted by molar-refractivity contribution is 5.46. The van der Waals surface area contributed by atoms with Crippen LogP contribution in [0.3, 0.4) is 0 Å². The van der Waals surface area contributed by atoms with Gasteiger partial charge in [0.25, 0.3) is 0 Å². The fraction of sp³-hybridized carbons (Fsp3) is 0.100. The van der Waals surface area contributed by atoms with Crippen LogP contribution in [0.1, 0.15) is 11.1 Å². The van der Waals surface area contributed by atoms with E-state index in [1.165, 1.54) is 0 Å². The van der Waals surface area contributed by atoms with Crippen LogP contribution in [0.15, 0.2) is 35.2 Å². The van der Waals surface area contributed by atoms with Gasteiger partial charge in [-0.1, -0.05) is 0 Å². The molecular weight excluding hydrogens is 164 g/mol. The number of hydrogen-bond donors (Lipinski definition) is 0. The molecule has 0 fully saturated rings. The van der Waals surface area contributed by atoms with Crippen LogP contribution in [-0.4, -0.2) is 4.57 Å². The SMILES string of the molecule is Cc1coc(-n2cccc2)c1C#N. The van der Waals surface area contributed by atoms with Crippen molar-refractivity contribution in [1.29, 1.82) is 5.26 Å². The second-order valence-electron chi connectivity index (χ2n) is 2.80. The van der Waals surface area contributed by atoms with Crippen molar-refractivity contribution in [1.82, 2.24) is 4.57 Å². The molecule has 0 radical (unpaired) electrons. The number of aryl methyl sites for hydroxylation is 1. The van der Waals surface area contributed by atoms with Crippen LogP contribution >= 0.6 is 0 Å². The third-order valence-electron chi connectivity index (χ3n) is 1.91. The van der Waals surface area contributed by atoms with Crippen molar-refractivity contribution >= 4 is 0 Å². The molecule has 0 N–H and O–H groups in total. The summed E-state index contributed by atoms with van der Waals surface area (Å²) < 4.78 is 7.05. The lowest BCUT2D eigenvalue weighted by Crippen LogP contribution is -1.90. The van der Waals surface area contributed by atoms with Crippen molar-refractivity contribution in [2.24, 2.45) is 0 Å². The fourth-order valence-electron chi connectivity index (χ4n) is 1.23. The zero-order valence-corrected chi connectivity index (χ0v) is 7.19. The molecule has 2 heterocycles. The molecule has 0 atom stereocenters. The first-order valence-electron chi connectivity index (χ1n) is 3.94. The number of furan rings is 1. The van der Waals surface area contributed by atoms with E-state index >= 15 is 0 Å². The van der Waals surface area contributed by atoms with Crippen molar-refractivity contribution in [2.75, 3.05) is 0 Å². The number of nitriles is 1. The number of hydrogen-bond acceptors (Lipinski definition) is 2. The van der Waals surface area contributed by atoms with Crippen molar-refractivity contribution in [3.63, 3.8) is 0 Å². The van der Waals surface area contributed by atoms with Gasteiger partial charge in [0.2, 0.25) is 5.88 Å². The maximum Gasteiger partial charge on any atom is 0.221 e. The van der Waals surface area contributed by atoms with Crippen LogP contribution in [0.25, 0.3) is 5.88 Å². The highest BCUT2D eigenvalue weighted by atomic mass is 16.3. The minimum absolute atomic E-state index is 0.588. The van der Waals surface area contributed by atoms with E-state index in [1.807, 2.05) is 31.5 Å². The lowest BCUT2D eigenvalue weighted by atomic mass is 10.2. The Morgan fingerprint density at radius 1 is 1.38 bits per heavy atom. The normalized spacial score (nSPS) is 9.85. The van der Waals surface area contributed by atoms with E-state index in [-0.39, 0.29) is 0 Å². The molecule has 2 aromatic rings. The number of rotatable bonds is 1. The first-order chi connectivity index (χ1) is 6.33. The third kappa shape index (κ3) is 1.13. The molecule has 3 nitrogen and oxygen atoms in total. The van der Waals surface area contributed by atoms with Crippen LogP contribution < -0.4 is 0 Å². The van der Waals surface area contributed by atoms with Gasteiger partial charge in [-0.3, -0.25) is 4.57 Å². The molecule has 2 aromatic heterocycles. The van der Waals surface area contributed by atoms with Crippen molar-refractivity contribution in [3.05, 3.63) is 41.9 Å². The van der Waals surface area contributed by atoms with Gasteiger partial charge in [0.15, 0.2) is 0 Å². The summed E-state index contributed by atoms with van der Waals surface area (Å²) in [6.07, 6.45) is 5.28. The van der Waals surface area contributed by atoms with Gasteiger partial charge in [0, 0.05) is 18.0 Å². The Balaban J connectivity index is 2.60. The van der Waals surface area contributed by atoms with E-state index in [0.29, 0.717) is 11.4 Å². The van der Waals surface area contributed by atoms with Gasteiger partial charge in [0.05, 0.1) is 6.26 Å². The summed E-state index contributed by atoms with van der Waals surface area (Å²) >= 11 is 0. The van der Waals surface area contributed by atoms with Crippen molar-refractivity contribution in [3.8, 4) is 12.0 Å². The lowest BCUT2D eigenvalue weighted by molar-refractivity contribution is 0.537. The molecule has 0 spiro atoms. The predicted molar refractivity (Wildman–Crippen MR) is 47.5 cm³/mol. The molecule has 0 amide bonds. The third-order valence-corrected chi connectivity index (χ3v) is 1.91. The Morgan fingerprint density at radius 3 is 2.69 bits per heavy atom. The molecule has 3 heteroatoms. The summed E-state index contributed by atoms with van der Waals surface area (Å²) in [5.41, 5.74) is 1.46.